The molecule has 0 saturated heterocycles. The predicted octanol–water partition coefficient (Wildman–Crippen LogP) is 5.17. The van der Waals surface area contributed by atoms with Crippen LogP contribution in [0.1, 0.15) is 44.9 Å². The quantitative estimate of drug-likeness (QED) is 0.653. The fourth-order valence-corrected chi connectivity index (χ4v) is 4.49. The molecule has 5 heteroatoms. The normalized spacial score (nSPS) is 16.7. The molecule has 1 aromatic heterocycles. The van der Waals surface area contributed by atoms with Crippen LogP contribution in [0.25, 0.3) is 10.9 Å². The summed E-state index contributed by atoms with van der Waals surface area (Å²) in [6, 6.07) is 14.4. The number of ether oxygens (including phenoxy) is 2. The van der Waals surface area contributed by atoms with Crippen LogP contribution in [-0.2, 0) is 23.7 Å². The fourth-order valence-electron chi connectivity index (χ4n) is 4.49. The van der Waals surface area contributed by atoms with Gasteiger partial charge in [-0.15, -0.1) is 0 Å². The highest BCUT2D eigenvalue weighted by molar-refractivity contribution is 5.99. The minimum absolute atomic E-state index is 0.0693. The van der Waals surface area contributed by atoms with Crippen molar-refractivity contribution in [3.8, 4) is 11.5 Å². The number of aromatic nitrogens is 1. The molecule has 1 fully saturated rings. The summed E-state index contributed by atoms with van der Waals surface area (Å²) in [5.41, 5.74) is 4.17. The first-order valence-corrected chi connectivity index (χ1v) is 10.6. The van der Waals surface area contributed by atoms with Crippen LogP contribution in [0.2, 0.25) is 0 Å². The van der Waals surface area contributed by atoms with Crippen molar-refractivity contribution in [2.24, 2.45) is 12.5 Å². The number of carbonyl (C=O) groups is 1. The number of amides is 1. The summed E-state index contributed by atoms with van der Waals surface area (Å²) < 4.78 is 13.1. The highest BCUT2D eigenvalue weighted by Crippen LogP contribution is 2.50. The van der Waals surface area contributed by atoms with Gasteiger partial charge in [0.1, 0.15) is 0 Å². The zero-order chi connectivity index (χ0) is 21.1. The first-order chi connectivity index (χ1) is 14.2. The van der Waals surface area contributed by atoms with Crippen LogP contribution in [0.3, 0.4) is 0 Å². The summed E-state index contributed by atoms with van der Waals surface area (Å²) in [5, 5.41) is 4.33. The van der Waals surface area contributed by atoms with E-state index in [2.05, 4.69) is 55.9 Å². The van der Waals surface area contributed by atoms with E-state index in [1.54, 1.807) is 0 Å². The van der Waals surface area contributed by atoms with Gasteiger partial charge in [-0.25, -0.2) is 0 Å². The molecule has 2 aromatic carbocycles. The Morgan fingerprint density at radius 3 is 2.57 bits per heavy atom. The van der Waals surface area contributed by atoms with Crippen molar-refractivity contribution in [3.05, 3.63) is 53.7 Å². The molecule has 2 aliphatic rings. The molecule has 1 aliphatic heterocycles. The highest BCUT2D eigenvalue weighted by Gasteiger charge is 2.49. The number of aryl methyl sites for hydroxylation is 1. The number of rotatable bonds is 4. The molecule has 3 aromatic rings. The van der Waals surface area contributed by atoms with Crippen molar-refractivity contribution in [3.63, 3.8) is 0 Å². The minimum Gasteiger partial charge on any atom is -0.454 e. The molecule has 0 atom stereocenters. The predicted molar refractivity (Wildman–Crippen MR) is 118 cm³/mol. The molecular weight excluding hydrogens is 376 g/mol. The van der Waals surface area contributed by atoms with E-state index in [0.29, 0.717) is 0 Å². The molecule has 5 rings (SSSR count). The van der Waals surface area contributed by atoms with Crippen molar-refractivity contribution < 1.29 is 14.3 Å². The number of benzene rings is 2. The number of nitrogens with zero attached hydrogens (tertiary/aromatic N) is 1. The lowest BCUT2D eigenvalue weighted by atomic mass is 9.92. The molecule has 1 amide bonds. The van der Waals surface area contributed by atoms with Crippen molar-refractivity contribution in [2.75, 3.05) is 12.1 Å². The maximum atomic E-state index is 13.1. The van der Waals surface area contributed by atoms with Gasteiger partial charge in [-0.2, -0.15) is 0 Å². The Morgan fingerprint density at radius 2 is 1.83 bits per heavy atom. The van der Waals surface area contributed by atoms with E-state index in [1.807, 2.05) is 24.3 Å². The summed E-state index contributed by atoms with van der Waals surface area (Å²) in [5.74, 6) is 1.65. The first-order valence-electron chi connectivity index (χ1n) is 10.6. The second kappa shape index (κ2) is 6.53. The van der Waals surface area contributed by atoms with Gasteiger partial charge >= 0.3 is 0 Å². The minimum atomic E-state index is -0.323. The summed E-state index contributed by atoms with van der Waals surface area (Å²) in [4.78, 5) is 13.1. The maximum Gasteiger partial charge on any atom is 0.231 e. The Labute approximate surface area is 177 Å². The van der Waals surface area contributed by atoms with Gasteiger partial charge in [-0.1, -0.05) is 26.8 Å². The zero-order valence-corrected chi connectivity index (χ0v) is 18.0. The van der Waals surface area contributed by atoms with Crippen LogP contribution in [-0.4, -0.2) is 17.3 Å². The molecule has 156 valence electrons. The second-order valence-corrected chi connectivity index (χ2v) is 9.71. The Kier molecular flexibility index (Phi) is 4.14. The van der Waals surface area contributed by atoms with Gasteiger partial charge in [0.05, 0.1) is 5.41 Å². The van der Waals surface area contributed by atoms with Gasteiger partial charge in [0, 0.05) is 34.7 Å². The van der Waals surface area contributed by atoms with Gasteiger partial charge in [0.25, 0.3) is 0 Å². The van der Waals surface area contributed by atoms with E-state index in [4.69, 9.17) is 9.47 Å². The van der Waals surface area contributed by atoms with Crippen LogP contribution in [0.4, 0.5) is 5.69 Å². The average Bonchev–Trinajstić information content (AvgIpc) is 3.18. The molecular formula is C25H28N2O3. The Balaban J connectivity index is 1.35. The van der Waals surface area contributed by atoms with Crippen molar-refractivity contribution in [2.45, 2.75) is 45.4 Å². The highest BCUT2D eigenvalue weighted by atomic mass is 16.7. The number of carbonyl (C=O) groups excluding carboxylic acids is 1. The Hall–Kier alpha value is -2.95. The third-order valence-electron chi connectivity index (χ3n) is 6.38. The van der Waals surface area contributed by atoms with Crippen LogP contribution < -0.4 is 14.8 Å². The van der Waals surface area contributed by atoms with Gasteiger partial charge < -0.3 is 19.4 Å². The summed E-state index contributed by atoms with van der Waals surface area (Å²) in [7, 11) is 2.10. The van der Waals surface area contributed by atoms with E-state index in [-0.39, 0.29) is 23.5 Å². The number of anilines is 1. The fraction of sp³-hybridized carbons (Fsp3) is 0.400. The molecule has 0 spiro atoms. The standard InChI is InChI=1S/C25H28N2O3/c1-24(2,3)22-13-17-12-18(6-7-19(17)27(22)4)26-23(28)25(9-10-25)14-16-5-8-20-21(11-16)30-15-29-20/h5-8,11-13H,9-10,14-15H2,1-4H3,(H,26,28). The largest absolute Gasteiger partial charge is 0.454 e. The van der Waals surface area contributed by atoms with Crippen molar-refractivity contribution in [1.29, 1.82) is 0 Å². The lowest BCUT2D eigenvalue weighted by Gasteiger charge is -2.19. The molecule has 5 nitrogen and oxygen atoms in total. The first kappa shape index (κ1) is 19.0. The number of hydrogen-bond donors (Lipinski definition) is 1. The lowest BCUT2D eigenvalue weighted by Crippen LogP contribution is -2.26. The van der Waals surface area contributed by atoms with Gasteiger partial charge in [0.2, 0.25) is 12.7 Å². The molecule has 0 radical (unpaired) electrons. The second-order valence-electron chi connectivity index (χ2n) is 9.71. The zero-order valence-electron chi connectivity index (χ0n) is 18.0. The number of fused-ring (bicyclic) bond motifs is 2. The topological polar surface area (TPSA) is 52.5 Å². The summed E-state index contributed by atoms with van der Waals surface area (Å²) >= 11 is 0. The van der Waals surface area contributed by atoms with Gasteiger partial charge in [-0.3, -0.25) is 4.79 Å². The molecule has 0 unspecified atom stereocenters. The summed E-state index contributed by atoms with van der Waals surface area (Å²) in [6.07, 6.45) is 2.54. The van der Waals surface area contributed by atoms with Gasteiger partial charge in [0.15, 0.2) is 11.5 Å². The number of hydrogen-bond acceptors (Lipinski definition) is 3. The van der Waals surface area contributed by atoms with Crippen LogP contribution in [0.15, 0.2) is 42.5 Å². The molecule has 30 heavy (non-hydrogen) atoms. The monoisotopic (exact) mass is 404 g/mol. The molecule has 1 saturated carbocycles. The lowest BCUT2D eigenvalue weighted by molar-refractivity contribution is -0.121. The van der Waals surface area contributed by atoms with Crippen LogP contribution in [0, 0.1) is 5.41 Å². The third kappa shape index (κ3) is 3.22. The summed E-state index contributed by atoms with van der Waals surface area (Å²) in [6.45, 7) is 6.92. The molecule has 1 N–H and O–H groups in total. The molecule has 1 aliphatic carbocycles. The Bertz CT molecular complexity index is 1150. The van der Waals surface area contributed by atoms with E-state index in [9.17, 15) is 4.79 Å². The van der Waals surface area contributed by atoms with E-state index in [1.165, 1.54) is 11.2 Å². The van der Waals surface area contributed by atoms with Crippen LogP contribution >= 0.6 is 0 Å². The number of nitrogens with one attached hydrogen (secondary N) is 1. The van der Waals surface area contributed by atoms with E-state index < -0.39 is 0 Å². The average molecular weight is 405 g/mol. The van der Waals surface area contributed by atoms with Crippen molar-refractivity contribution >= 4 is 22.5 Å². The third-order valence-corrected chi connectivity index (χ3v) is 6.38. The van der Waals surface area contributed by atoms with E-state index in [0.717, 1.165) is 47.4 Å². The van der Waals surface area contributed by atoms with E-state index >= 15 is 0 Å². The molecule has 2 heterocycles. The smallest absolute Gasteiger partial charge is 0.231 e. The molecule has 0 bridgehead atoms. The van der Waals surface area contributed by atoms with Gasteiger partial charge in [-0.05, 0) is 61.2 Å². The SMILES string of the molecule is Cn1c(C(C)(C)C)cc2cc(NC(=O)C3(Cc4ccc5c(c4)OCO5)CC3)ccc21. The van der Waals surface area contributed by atoms with Crippen molar-refractivity contribution in [1.82, 2.24) is 4.57 Å². The van der Waals surface area contributed by atoms with Crippen LogP contribution in [0.5, 0.6) is 11.5 Å². The Morgan fingerprint density at radius 1 is 1.07 bits per heavy atom. The maximum absolute atomic E-state index is 13.1.